The molecular weight excluding hydrogens is 198 g/mol. The van der Waals surface area contributed by atoms with Crippen LogP contribution in [0.1, 0.15) is 12.7 Å². The van der Waals surface area contributed by atoms with E-state index in [9.17, 15) is 0 Å². The molecule has 0 aliphatic rings. The van der Waals surface area contributed by atoms with E-state index in [0.29, 0.717) is 0 Å². The van der Waals surface area contributed by atoms with Gasteiger partial charge in [0.25, 0.3) is 0 Å². The van der Waals surface area contributed by atoms with E-state index < -0.39 is 0 Å². The van der Waals surface area contributed by atoms with Gasteiger partial charge in [-0.3, -0.25) is 5.10 Å². The molecule has 2 aromatic rings. The Kier molecular flexibility index (Phi) is 2.49. The second-order valence-corrected chi connectivity index (χ2v) is 3.72. The number of methoxy groups -OCH3 is 1. The van der Waals surface area contributed by atoms with Crippen LogP contribution in [-0.4, -0.2) is 22.3 Å². The maximum Gasteiger partial charge on any atom is 0.191 e. The number of ether oxygens (including phenoxy) is 1. The van der Waals surface area contributed by atoms with Gasteiger partial charge in [0.15, 0.2) is 5.82 Å². The minimum Gasteiger partial charge on any atom is -0.496 e. The zero-order chi connectivity index (χ0) is 9.97. The highest BCUT2D eigenvalue weighted by atomic mass is 32.1. The van der Waals surface area contributed by atoms with Gasteiger partial charge in [-0.15, -0.1) is 11.3 Å². The molecule has 0 amide bonds. The lowest BCUT2D eigenvalue weighted by molar-refractivity contribution is 0.417. The van der Waals surface area contributed by atoms with Gasteiger partial charge in [-0.25, -0.2) is 4.98 Å². The average molecular weight is 209 g/mol. The molecular formula is C9H11N3OS. The molecule has 4 nitrogen and oxygen atoms in total. The fourth-order valence-corrected chi connectivity index (χ4v) is 1.90. The first-order valence-corrected chi connectivity index (χ1v) is 5.25. The Morgan fingerprint density at radius 3 is 3.00 bits per heavy atom. The predicted octanol–water partition coefficient (Wildman–Crippen LogP) is 2.10. The van der Waals surface area contributed by atoms with Crippen molar-refractivity contribution in [1.82, 2.24) is 15.2 Å². The molecule has 0 radical (unpaired) electrons. The normalized spacial score (nSPS) is 10.4. The van der Waals surface area contributed by atoms with Crippen LogP contribution in [0.2, 0.25) is 0 Å². The molecule has 0 saturated heterocycles. The molecule has 14 heavy (non-hydrogen) atoms. The molecule has 2 aromatic heterocycles. The molecule has 74 valence electrons. The maximum absolute atomic E-state index is 5.09. The summed E-state index contributed by atoms with van der Waals surface area (Å²) < 4.78 is 5.09. The summed E-state index contributed by atoms with van der Waals surface area (Å²) in [5, 5.41) is 8.95. The fourth-order valence-electron chi connectivity index (χ4n) is 1.11. The zero-order valence-corrected chi connectivity index (χ0v) is 8.89. The van der Waals surface area contributed by atoms with Crippen molar-refractivity contribution < 1.29 is 4.74 Å². The van der Waals surface area contributed by atoms with Gasteiger partial charge in [-0.2, -0.15) is 5.10 Å². The van der Waals surface area contributed by atoms with Crippen LogP contribution in [0.15, 0.2) is 11.4 Å². The van der Waals surface area contributed by atoms with Gasteiger partial charge >= 0.3 is 0 Å². The molecule has 1 N–H and O–H groups in total. The molecule has 5 heteroatoms. The predicted molar refractivity (Wildman–Crippen MR) is 55.6 cm³/mol. The Morgan fingerprint density at radius 2 is 2.43 bits per heavy atom. The number of hydrogen-bond donors (Lipinski definition) is 1. The third kappa shape index (κ3) is 1.63. The molecule has 0 saturated carbocycles. The van der Waals surface area contributed by atoms with Crippen LogP contribution in [0, 0.1) is 0 Å². The lowest BCUT2D eigenvalue weighted by Crippen LogP contribution is -1.81. The summed E-state index contributed by atoms with van der Waals surface area (Å²) >= 11 is 1.58. The van der Waals surface area contributed by atoms with E-state index in [4.69, 9.17) is 4.74 Å². The molecule has 2 rings (SSSR count). The van der Waals surface area contributed by atoms with E-state index >= 15 is 0 Å². The van der Waals surface area contributed by atoms with Crippen LogP contribution < -0.4 is 4.74 Å². The summed E-state index contributed by atoms with van der Waals surface area (Å²) in [4.78, 5) is 5.36. The van der Waals surface area contributed by atoms with Gasteiger partial charge in [0, 0.05) is 17.9 Å². The number of rotatable bonds is 3. The van der Waals surface area contributed by atoms with Crippen molar-refractivity contribution in [3.8, 4) is 16.5 Å². The van der Waals surface area contributed by atoms with Crippen molar-refractivity contribution in [3.05, 3.63) is 17.3 Å². The fraction of sp³-hybridized carbons (Fsp3) is 0.333. The topological polar surface area (TPSA) is 50.8 Å². The number of nitrogens with zero attached hydrogens (tertiary/aromatic N) is 2. The summed E-state index contributed by atoms with van der Waals surface area (Å²) in [6, 6.07) is 1.94. The monoisotopic (exact) mass is 209 g/mol. The van der Waals surface area contributed by atoms with Crippen molar-refractivity contribution in [2.75, 3.05) is 7.11 Å². The van der Waals surface area contributed by atoms with Crippen LogP contribution in [-0.2, 0) is 6.42 Å². The van der Waals surface area contributed by atoms with Gasteiger partial charge in [-0.1, -0.05) is 6.92 Å². The number of thiophene rings is 1. The van der Waals surface area contributed by atoms with Crippen molar-refractivity contribution in [3.63, 3.8) is 0 Å². The summed E-state index contributed by atoms with van der Waals surface area (Å²) in [7, 11) is 1.65. The maximum atomic E-state index is 5.09. The van der Waals surface area contributed by atoms with Gasteiger partial charge in [-0.05, 0) is 0 Å². The molecule has 0 aliphatic carbocycles. The number of hydrogen-bond acceptors (Lipinski definition) is 4. The molecule has 0 unspecified atom stereocenters. The Bertz CT molecular complexity index is 381. The first kappa shape index (κ1) is 9.21. The number of aryl methyl sites for hydroxylation is 1. The van der Waals surface area contributed by atoms with E-state index in [0.717, 1.165) is 28.7 Å². The van der Waals surface area contributed by atoms with Crippen molar-refractivity contribution >= 4 is 11.3 Å². The average Bonchev–Trinajstić information content (AvgIpc) is 2.86. The van der Waals surface area contributed by atoms with Gasteiger partial charge in [0.05, 0.1) is 12.0 Å². The van der Waals surface area contributed by atoms with Crippen molar-refractivity contribution in [1.29, 1.82) is 0 Å². The Labute approximate surface area is 86.0 Å². The molecule has 2 heterocycles. The van der Waals surface area contributed by atoms with Crippen molar-refractivity contribution in [2.24, 2.45) is 0 Å². The summed E-state index contributed by atoms with van der Waals surface area (Å²) in [6.45, 7) is 2.04. The standard InChI is InChI=1S/C9H11N3OS/c1-3-8-10-9(12-11-8)7-4-6(13-2)5-14-7/h4-5H,3H2,1-2H3,(H,10,11,12). The second kappa shape index (κ2) is 3.79. The number of H-pyrrole nitrogens is 1. The second-order valence-electron chi connectivity index (χ2n) is 2.81. The summed E-state index contributed by atoms with van der Waals surface area (Å²) in [5.41, 5.74) is 0. The number of nitrogens with one attached hydrogen (secondary N) is 1. The molecule has 0 fully saturated rings. The number of aromatic amines is 1. The number of aromatic nitrogens is 3. The lowest BCUT2D eigenvalue weighted by Gasteiger charge is -1.89. The molecule has 0 spiro atoms. The largest absolute Gasteiger partial charge is 0.496 e. The van der Waals surface area contributed by atoms with Crippen LogP contribution in [0.3, 0.4) is 0 Å². The smallest absolute Gasteiger partial charge is 0.191 e. The Balaban J connectivity index is 2.29. The summed E-state index contributed by atoms with van der Waals surface area (Å²) in [5.74, 6) is 2.51. The quantitative estimate of drug-likeness (QED) is 0.842. The van der Waals surface area contributed by atoms with E-state index in [2.05, 4.69) is 15.2 Å². The highest BCUT2D eigenvalue weighted by molar-refractivity contribution is 7.13. The molecule has 0 aromatic carbocycles. The third-order valence-electron chi connectivity index (χ3n) is 1.90. The van der Waals surface area contributed by atoms with Gasteiger partial charge < -0.3 is 4.74 Å². The van der Waals surface area contributed by atoms with Crippen LogP contribution in [0.4, 0.5) is 0 Å². The van der Waals surface area contributed by atoms with Crippen molar-refractivity contribution in [2.45, 2.75) is 13.3 Å². The van der Waals surface area contributed by atoms with Crippen LogP contribution in [0.25, 0.3) is 10.7 Å². The summed E-state index contributed by atoms with van der Waals surface area (Å²) in [6.07, 6.45) is 0.871. The first-order chi connectivity index (χ1) is 6.83. The highest BCUT2D eigenvalue weighted by Gasteiger charge is 2.07. The van der Waals surface area contributed by atoms with E-state index in [-0.39, 0.29) is 0 Å². The minimum absolute atomic E-state index is 0.746. The highest BCUT2D eigenvalue weighted by Crippen LogP contribution is 2.28. The Hall–Kier alpha value is -1.36. The molecule has 0 aliphatic heterocycles. The minimum atomic E-state index is 0.746. The van der Waals surface area contributed by atoms with E-state index in [1.54, 1.807) is 18.4 Å². The van der Waals surface area contributed by atoms with E-state index in [1.807, 2.05) is 18.4 Å². The van der Waals surface area contributed by atoms with Gasteiger partial charge in [0.2, 0.25) is 0 Å². The third-order valence-corrected chi connectivity index (χ3v) is 2.80. The van der Waals surface area contributed by atoms with Crippen LogP contribution >= 0.6 is 11.3 Å². The Morgan fingerprint density at radius 1 is 1.57 bits per heavy atom. The van der Waals surface area contributed by atoms with E-state index in [1.165, 1.54) is 0 Å². The zero-order valence-electron chi connectivity index (χ0n) is 8.07. The first-order valence-electron chi connectivity index (χ1n) is 4.37. The van der Waals surface area contributed by atoms with Crippen LogP contribution in [0.5, 0.6) is 5.75 Å². The lowest BCUT2D eigenvalue weighted by atomic mass is 10.4. The molecule has 0 bridgehead atoms. The molecule has 0 atom stereocenters. The van der Waals surface area contributed by atoms with Gasteiger partial charge in [0.1, 0.15) is 11.6 Å². The SMILES string of the molecule is CCc1nc(-c2cc(OC)cs2)n[nH]1.